The smallest absolute Gasteiger partial charge is 0.439 e. The van der Waals surface area contributed by atoms with Crippen molar-refractivity contribution < 1.29 is 28.6 Å². The van der Waals surface area contributed by atoms with Crippen LogP contribution in [0, 0.1) is 0 Å². The van der Waals surface area contributed by atoms with Crippen LogP contribution in [0.1, 0.15) is 75.7 Å². The van der Waals surface area contributed by atoms with E-state index in [1.165, 1.54) is 0 Å². The van der Waals surface area contributed by atoms with E-state index >= 15 is 0 Å². The van der Waals surface area contributed by atoms with Crippen molar-refractivity contribution in [3.8, 4) is 0 Å². The first kappa shape index (κ1) is 24.0. The fraction of sp³-hybridized carbons (Fsp3) is 0.833. The van der Waals surface area contributed by atoms with Crippen molar-refractivity contribution in [1.82, 2.24) is 10.0 Å². The zero-order valence-electron chi connectivity index (χ0n) is 17.8. The SMILES string of the molecule is CCCN(C(=O)OC(C)(C)C)N(C(=O)OC(C)(C)C)C(=O)OC(C)(C)C. The molecule has 0 N–H and O–H groups in total. The number of nitrogens with zero attached hydrogens (tertiary/aromatic N) is 2. The van der Waals surface area contributed by atoms with Gasteiger partial charge in [0.05, 0.1) is 0 Å². The van der Waals surface area contributed by atoms with Gasteiger partial charge in [0.25, 0.3) is 0 Å². The summed E-state index contributed by atoms with van der Waals surface area (Å²) in [7, 11) is 0. The van der Waals surface area contributed by atoms with Crippen LogP contribution < -0.4 is 0 Å². The van der Waals surface area contributed by atoms with Crippen molar-refractivity contribution in [3.63, 3.8) is 0 Å². The number of hydrogen-bond donors (Lipinski definition) is 0. The third-order valence-corrected chi connectivity index (χ3v) is 2.41. The quantitative estimate of drug-likeness (QED) is 0.513. The second-order valence-corrected chi connectivity index (χ2v) is 8.88. The van der Waals surface area contributed by atoms with E-state index in [0.717, 1.165) is 5.01 Å². The molecular formula is C18H34N2O6. The minimum Gasteiger partial charge on any atom is -0.442 e. The molecule has 8 nitrogen and oxygen atoms in total. The Morgan fingerprint density at radius 3 is 1.23 bits per heavy atom. The predicted octanol–water partition coefficient (Wildman–Crippen LogP) is 4.72. The molecule has 0 aromatic rings. The molecule has 0 heterocycles. The van der Waals surface area contributed by atoms with E-state index in [-0.39, 0.29) is 6.54 Å². The summed E-state index contributed by atoms with van der Waals surface area (Å²) >= 11 is 0. The van der Waals surface area contributed by atoms with E-state index in [2.05, 4.69) is 0 Å². The highest BCUT2D eigenvalue weighted by Crippen LogP contribution is 2.19. The number of carbonyl (C=O) groups excluding carboxylic acids is 3. The first-order valence-electron chi connectivity index (χ1n) is 8.73. The summed E-state index contributed by atoms with van der Waals surface area (Å²) < 4.78 is 15.9. The molecule has 8 heteroatoms. The Labute approximate surface area is 156 Å². The van der Waals surface area contributed by atoms with Gasteiger partial charge in [-0.25, -0.2) is 19.4 Å². The van der Waals surface area contributed by atoms with Crippen molar-refractivity contribution in [1.29, 1.82) is 0 Å². The van der Waals surface area contributed by atoms with Gasteiger partial charge in [-0.3, -0.25) is 0 Å². The Hall–Kier alpha value is -1.99. The average molecular weight is 374 g/mol. The normalized spacial score (nSPS) is 12.2. The summed E-state index contributed by atoms with van der Waals surface area (Å²) in [6, 6.07) is 0. The third kappa shape index (κ3) is 9.48. The lowest BCUT2D eigenvalue weighted by Crippen LogP contribution is -2.56. The maximum Gasteiger partial charge on any atom is 0.439 e. The molecule has 3 amide bonds. The summed E-state index contributed by atoms with van der Waals surface area (Å²) in [5.74, 6) is 0. The van der Waals surface area contributed by atoms with E-state index in [9.17, 15) is 14.4 Å². The van der Waals surface area contributed by atoms with Gasteiger partial charge in [-0.15, -0.1) is 5.01 Å². The lowest BCUT2D eigenvalue weighted by Gasteiger charge is -2.35. The van der Waals surface area contributed by atoms with Crippen LogP contribution in [0.2, 0.25) is 0 Å². The molecule has 0 bridgehead atoms. The third-order valence-electron chi connectivity index (χ3n) is 2.41. The average Bonchev–Trinajstić information content (AvgIpc) is 2.31. The van der Waals surface area contributed by atoms with Crippen molar-refractivity contribution in [2.75, 3.05) is 6.54 Å². The van der Waals surface area contributed by atoms with Crippen molar-refractivity contribution in [2.45, 2.75) is 92.5 Å². The molecule has 0 aromatic heterocycles. The molecule has 0 unspecified atom stereocenters. The molecule has 0 aliphatic rings. The number of rotatable bonds is 2. The van der Waals surface area contributed by atoms with Crippen LogP contribution in [-0.2, 0) is 14.2 Å². The first-order chi connectivity index (χ1) is 11.5. The second kappa shape index (κ2) is 8.60. The predicted molar refractivity (Wildman–Crippen MR) is 97.5 cm³/mol. The Bertz CT molecular complexity index is 483. The highest BCUT2D eigenvalue weighted by atomic mass is 16.6. The van der Waals surface area contributed by atoms with Crippen molar-refractivity contribution >= 4 is 18.3 Å². The number of amides is 3. The minimum atomic E-state index is -1.01. The van der Waals surface area contributed by atoms with Gasteiger partial charge < -0.3 is 14.2 Å². The molecule has 0 fully saturated rings. The lowest BCUT2D eigenvalue weighted by molar-refractivity contribution is -0.0691. The fourth-order valence-corrected chi connectivity index (χ4v) is 1.68. The van der Waals surface area contributed by atoms with E-state index < -0.39 is 35.1 Å². The highest BCUT2D eigenvalue weighted by Gasteiger charge is 2.39. The zero-order valence-corrected chi connectivity index (χ0v) is 17.8. The van der Waals surface area contributed by atoms with Crippen LogP contribution in [-0.4, -0.2) is 51.6 Å². The molecular weight excluding hydrogens is 340 g/mol. The largest absolute Gasteiger partial charge is 0.442 e. The van der Waals surface area contributed by atoms with Crippen LogP contribution in [0.5, 0.6) is 0 Å². The van der Waals surface area contributed by atoms with Gasteiger partial charge in [-0.1, -0.05) is 6.92 Å². The van der Waals surface area contributed by atoms with Crippen LogP contribution in [0.15, 0.2) is 0 Å². The van der Waals surface area contributed by atoms with Gasteiger partial charge in [0.1, 0.15) is 16.8 Å². The fourth-order valence-electron chi connectivity index (χ4n) is 1.68. The molecule has 0 spiro atoms. The maximum absolute atomic E-state index is 12.6. The molecule has 0 aliphatic heterocycles. The molecule has 0 atom stereocenters. The minimum absolute atomic E-state index is 0.0768. The van der Waals surface area contributed by atoms with E-state index in [4.69, 9.17) is 14.2 Å². The lowest BCUT2D eigenvalue weighted by atomic mass is 10.2. The number of carbonyl (C=O) groups is 3. The zero-order chi connectivity index (χ0) is 20.9. The van der Waals surface area contributed by atoms with Gasteiger partial charge in [-0.2, -0.15) is 0 Å². The molecule has 0 aliphatic carbocycles. The Morgan fingerprint density at radius 2 is 0.962 bits per heavy atom. The summed E-state index contributed by atoms with van der Waals surface area (Å²) in [6.07, 6.45) is -2.37. The van der Waals surface area contributed by atoms with E-state index in [0.29, 0.717) is 11.4 Å². The highest BCUT2D eigenvalue weighted by molar-refractivity contribution is 5.90. The summed E-state index contributed by atoms with van der Waals surface area (Å²) in [5.41, 5.74) is -2.51. The van der Waals surface area contributed by atoms with Crippen LogP contribution in [0.4, 0.5) is 14.4 Å². The molecule has 0 saturated heterocycles. The van der Waals surface area contributed by atoms with Crippen molar-refractivity contribution in [2.24, 2.45) is 0 Å². The second-order valence-electron chi connectivity index (χ2n) is 8.88. The molecule has 0 aromatic carbocycles. The van der Waals surface area contributed by atoms with Crippen LogP contribution >= 0.6 is 0 Å². The molecule has 26 heavy (non-hydrogen) atoms. The molecule has 0 radical (unpaired) electrons. The number of imide groups is 1. The summed E-state index contributed by atoms with van der Waals surface area (Å²) in [4.78, 5) is 37.8. The molecule has 0 rings (SSSR count). The molecule has 0 saturated carbocycles. The Morgan fingerprint density at radius 1 is 0.654 bits per heavy atom. The van der Waals surface area contributed by atoms with E-state index in [1.807, 2.05) is 0 Å². The number of ether oxygens (including phenoxy) is 3. The van der Waals surface area contributed by atoms with Gasteiger partial charge in [0.15, 0.2) is 0 Å². The number of hydrogen-bond acceptors (Lipinski definition) is 6. The number of hydrazine groups is 1. The topological polar surface area (TPSA) is 85.4 Å². The Kier molecular flexibility index (Phi) is 7.94. The van der Waals surface area contributed by atoms with Crippen LogP contribution in [0.25, 0.3) is 0 Å². The van der Waals surface area contributed by atoms with E-state index in [1.54, 1.807) is 69.2 Å². The first-order valence-corrected chi connectivity index (χ1v) is 8.73. The summed E-state index contributed by atoms with van der Waals surface area (Å²) in [5, 5.41) is 1.47. The van der Waals surface area contributed by atoms with Crippen LogP contribution in [0.3, 0.4) is 0 Å². The standard InChI is InChI=1S/C18H34N2O6/c1-11-12-19(13(21)24-16(2,3)4)20(14(22)25-17(5,6)7)15(23)26-18(8,9)10/h11-12H2,1-10H3. The maximum atomic E-state index is 12.6. The summed E-state index contributed by atoms with van der Waals surface area (Å²) in [6.45, 7) is 16.9. The molecule has 152 valence electrons. The monoisotopic (exact) mass is 374 g/mol. The van der Waals surface area contributed by atoms with Gasteiger partial charge in [0, 0.05) is 6.54 Å². The van der Waals surface area contributed by atoms with Gasteiger partial charge in [0.2, 0.25) is 0 Å². The van der Waals surface area contributed by atoms with Gasteiger partial charge >= 0.3 is 18.3 Å². The van der Waals surface area contributed by atoms with Crippen molar-refractivity contribution in [3.05, 3.63) is 0 Å². The Balaban J connectivity index is 5.83. The van der Waals surface area contributed by atoms with Gasteiger partial charge in [-0.05, 0) is 68.7 Å².